The van der Waals surface area contributed by atoms with E-state index < -0.39 is 0 Å². The summed E-state index contributed by atoms with van der Waals surface area (Å²) in [6.45, 7) is 2.02. The lowest BCUT2D eigenvalue weighted by Crippen LogP contribution is -2.19. The van der Waals surface area contributed by atoms with E-state index in [1.54, 1.807) is 12.1 Å². The number of benzene rings is 2. The number of para-hydroxylation sites is 1. The molecule has 1 aromatic heterocycles. The summed E-state index contributed by atoms with van der Waals surface area (Å²) in [4.78, 5) is 19.8. The first kappa shape index (κ1) is 15.5. The molecule has 1 aliphatic rings. The summed E-state index contributed by atoms with van der Waals surface area (Å²) < 4.78 is 13.9. The van der Waals surface area contributed by atoms with E-state index in [2.05, 4.69) is 26.7 Å². The minimum atomic E-state index is -0.361. The number of nitrogens with zero attached hydrogens (tertiary/aromatic N) is 2. The van der Waals surface area contributed by atoms with Gasteiger partial charge in [-0.2, -0.15) is 0 Å². The van der Waals surface area contributed by atoms with E-state index in [1.807, 2.05) is 19.1 Å². The molecule has 126 valence electrons. The van der Waals surface area contributed by atoms with Gasteiger partial charge in [0.2, 0.25) is 5.91 Å². The van der Waals surface area contributed by atoms with Crippen LogP contribution in [-0.4, -0.2) is 15.9 Å². The second kappa shape index (κ2) is 6.12. The van der Waals surface area contributed by atoms with E-state index in [1.165, 1.54) is 12.4 Å². The van der Waals surface area contributed by atoms with Gasteiger partial charge in [-0.1, -0.05) is 18.2 Å². The topological polar surface area (TPSA) is 66.9 Å². The summed E-state index contributed by atoms with van der Waals surface area (Å²) in [6, 6.07) is 10.8. The van der Waals surface area contributed by atoms with E-state index in [0.717, 1.165) is 23.2 Å². The van der Waals surface area contributed by atoms with Gasteiger partial charge in [0.05, 0.1) is 0 Å². The molecular formula is C19H17FN4O. The molecule has 1 unspecified atom stereocenters. The Labute approximate surface area is 144 Å². The highest BCUT2D eigenvalue weighted by molar-refractivity contribution is 5.94. The maximum absolute atomic E-state index is 13.9. The molecular weight excluding hydrogens is 319 g/mol. The van der Waals surface area contributed by atoms with Crippen LogP contribution in [0.15, 0.2) is 42.7 Å². The fraction of sp³-hybridized carbons (Fsp3) is 0.211. The molecule has 0 bridgehead atoms. The Morgan fingerprint density at radius 3 is 2.96 bits per heavy atom. The average molecular weight is 336 g/mol. The average Bonchev–Trinajstić information content (AvgIpc) is 2.62. The number of amides is 1. The van der Waals surface area contributed by atoms with Gasteiger partial charge in [-0.05, 0) is 42.7 Å². The van der Waals surface area contributed by atoms with Crippen LogP contribution in [-0.2, 0) is 11.2 Å². The van der Waals surface area contributed by atoms with Crippen molar-refractivity contribution in [3.63, 3.8) is 0 Å². The Kier molecular flexibility index (Phi) is 3.80. The molecule has 2 heterocycles. The quantitative estimate of drug-likeness (QED) is 0.763. The molecule has 1 amide bonds. The van der Waals surface area contributed by atoms with Crippen LogP contribution in [0.25, 0.3) is 10.9 Å². The third-order valence-corrected chi connectivity index (χ3v) is 4.49. The van der Waals surface area contributed by atoms with Gasteiger partial charge in [0, 0.05) is 23.5 Å². The molecule has 2 N–H and O–H groups in total. The normalized spacial score (nSPS) is 14.7. The number of rotatable bonds is 3. The number of carbonyl (C=O) groups is 1. The number of hydrogen-bond donors (Lipinski definition) is 2. The van der Waals surface area contributed by atoms with Gasteiger partial charge in [-0.3, -0.25) is 4.79 Å². The van der Waals surface area contributed by atoms with Gasteiger partial charge in [-0.15, -0.1) is 0 Å². The second-order valence-electron chi connectivity index (χ2n) is 6.19. The molecule has 3 aromatic rings. The maximum atomic E-state index is 13.9. The van der Waals surface area contributed by atoms with Crippen LogP contribution in [0.3, 0.4) is 0 Å². The minimum Gasteiger partial charge on any atom is -0.363 e. The van der Waals surface area contributed by atoms with Crippen molar-refractivity contribution in [3.8, 4) is 0 Å². The van der Waals surface area contributed by atoms with E-state index in [4.69, 9.17) is 0 Å². The van der Waals surface area contributed by atoms with Crippen molar-refractivity contribution in [3.05, 3.63) is 59.7 Å². The molecule has 2 aromatic carbocycles. The van der Waals surface area contributed by atoms with Gasteiger partial charge in [-0.25, -0.2) is 14.4 Å². The molecule has 6 heteroatoms. The molecule has 0 saturated carbocycles. The van der Waals surface area contributed by atoms with Gasteiger partial charge in [0.15, 0.2) is 0 Å². The third-order valence-electron chi connectivity index (χ3n) is 4.49. The monoisotopic (exact) mass is 336 g/mol. The Morgan fingerprint density at radius 2 is 2.08 bits per heavy atom. The lowest BCUT2D eigenvalue weighted by atomic mass is 9.98. The van der Waals surface area contributed by atoms with Crippen molar-refractivity contribution in [2.75, 3.05) is 10.6 Å². The van der Waals surface area contributed by atoms with Crippen molar-refractivity contribution in [1.29, 1.82) is 0 Å². The molecule has 5 nitrogen and oxygen atoms in total. The van der Waals surface area contributed by atoms with Crippen LogP contribution in [0.4, 0.5) is 15.9 Å². The summed E-state index contributed by atoms with van der Waals surface area (Å²) in [7, 11) is 0. The largest absolute Gasteiger partial charge is 0.363 e. The van der Waals surface area contributed by atoms with Crippen molar-refractivity contribution in [2.45, 2.75) is 25.8 Å². The zero-order valence-electron chi connectivity index (χ0n) is 13.7. The summed E-state index contributed by atoms with van der Waals surface area (Å²) in [5.74, 6) is 0.295. The summed E-state index contributed by atoms with van der Waals surface area (Å²) in [5.41, 5.74) is 3.39. The fourth-order valence-corrected chi connectivity index (χ4v) is 3.13. The van der Waals surface area contributed by atoms with Gasteiger partial charge >= 0.3 is 0 Å². The number of hydrogen-bond acceptors (Lipinski definition) is 4. The molecule has 0 fully saturated rings. The molecule has 0 spiro atoms. The van der Waals surface area contributed by atoms with E-state index >= 15 is 0 Å². The Morgan fingerprint density at radius 1 is 1.20 bits per heavy atom. The summed E-state index contributed by atoms with van der Waals surface area (Å²) >= 11 is 0. The highest BCUT2D eigenvalue weighted by atomic mass is 19.1. The van der Waals surface area contributed by atoms with Crippen LogP contribution in [0.1, 0.15) is 30.5 Å². The van der Waals surface area contributed by atoms with Crippen molar-refractivity contribution in [2.24, 2.45) is 0 Å². The first-order chi connectivity index (χ1) is 12.1. The van der Waals surface area contributed by atoms with E-state index in [9.17, 15) is 9.18 Å². The predicted octanol–water partition coefficient (Wildman–Crippen LogP) is 3.83. The van der Waals surface area contributed by atoms with Gasteiger partial charge < -0.3 is 10.6 Å². The number of aromatic nitrogens is 2. The SMILES string of the molecule is CC(Nc1ncnc2c(F)cccc12)c1ccc2c(c1)CCC(=O)N2. The highest BCUT2D eigenvalue weighted by Gasteiger charge is 2.17. The zero-order chi connectivity index (χ0) is 17.4. The highest BCUT2D eigenvalue weighted by Crippen LogP contribution is 2.29. The number of fused-ring (bicyclic) bond motifs is 2. The maximum Gasteiger partial charge on any atom is 0.224 e. The number of carbonyl (C=O) groups excluding carboxylic acids is 1. The van der Waals surface area contributed by atoms with Gasteiger partial charge in [0.25, 0.3) is 0 Å². The zero-order valence-corrected chi connectivity index (χ0v) is 13.7. The smallest absolute Gasteiger partial charge is 0.224 e. The number of aryl methyl sites for hydroxylation is 1. The van der Waals surface area contributed by atoms with Gasteiger partial charge in [0.1, 0.15) is 23.5 Å². The Bertz CT molecular complexity index is 973. The Balaban J connectivity index is 1.64. The number of nitrogens with one attached hydrogen (secondary N) is 2. The van der Waals surface area contributed by atoms with Crippen molar-refractivity contribution < 1.29 is 9.18 Å². The minimum absolute atomic E-state index is 0.0238. The second-order valence-corrected chi connectivity index (χ2v) is 6.19. The molecule has 25 heavy (non-hydrogen) atoms. The number of anilines is 2. The molecule has 1 atom stereocenters. The fourth-order valence-electron chi connectivity index (χ4n) is 3.13. The van der Waals surface area contributed by atoms with Crippen LogP contribution in [0, 0.1) is 5.82 Å². The summed E-state index contributed by atoms with van der Waals surface area (Å²) in [5, 5.41) is 6.88. The molecule has 4 rings (SSSR count). The predicted molar refractivity (Wildman–Crippen MR) is 94.9 cm³/mol. The number of halogens is 1. The first-order valence-corrected chi connectivity index (χ1v) is 8.20. The summed E-state index contributed by atoms with van der Waals surface area (Å²) in [6.07, 6.45) is 2.61. The van der Waals surface area contributed by atoms with Crippen molar-refractivity contribution in [1.82, 2.24) is 9.97 Å². The lowest BCUT2D eigenvalue weighted by Gasteiger charge is -2.21. The molecule has 1 aliphatic heterocycles. The van der Waals surface area contributed by atoms with Crippen molar-refractivity contribution >= 4 is 28.3 Å². The van der Waals surface area contributed by atoms with Crippen LogP contribution < -0.4 is 10.6 Å². The lowest BCUT2D eigenvalue weighted by molar-refractivity contribution is -0.116. The van der Waals surface area contributed by atoms with Crippen LogP contribution in [0.2, 0.25) is 0 Å². The van der Waals surface area contributed by atoms with E-state index in [0.29, 0.717) is 23.1 Å². The third kappa shape index (κ3) is 2.91. The standard InChI is InChI=1S/C19H17FN4O/c1-11(12-5-7-16-13(9-12)6-8-17(25)24-16)23-19-14-3-2-4-15(20)18(14)21-10-22-19/h2-5,7,9-11H,6,8H2,1H3,(H,24,25)(H,21,22,23). The molecule has 0 aliphatic carbocycles. The Hall–Kier alpha value is -3.02. The van der Waals surface area contributed by atoms with Crippen LogP contribution in [0.5, 0.6) is 0 Å². The first-order valence-electron chi connectivity index (χ1n) is 8.20. The molecule has 0 saturated heterocycles. The molecule has 0 radical (unpaired) electrons. The van der Waals surface area contributed by atoms with Crippen LogP contribution >= 0.6 is 0 Å². The van der Waals surface area contributed by atoms with E-state index in [-0.39, 0.29) is 17.8 Å².